The van der Waals surface area contributed by atoms with Crippen molar-refractivity contribution in [2.24, 2.45) is 0 Å². The van der Waals surface area contributed by atoms with Crippen molar-refractivity contribution in [3.8, 4) is 0 Å². The fraction of sp³-hybridized carbons (Fsp3) is 0.333. The number of aromatic nitrogens is 2. The second-order valence-corrected chi connectivity index (χ2v) is 5.90. The topological polar surface area (TPSA) is 38.1 Å². The van der Waals surface area contributed by atoms with Crippen molar-refractivity contribution in [2.45, 2.75) is 26.3 Å². The molecule has 1 amide bonds. The molecule has 0 unspecified atom stereocenters. The second kappa shape index (κ2) is 5.70. The van der Waals surface area contributed by atoms with Crippen LogP contribution in [0.15, 0.2) is 24.3 Å². The van der Waals surface area contributed by atoms with E-state index in [4.69, 9.17) is 23.2 Å². The zero-order chi connectivity index (χ0) is 15.0. The lowest BCUT2D eigenvalue weighted by atomic mass is 10.1. The van der Waals surface area contributed by atoms with Crippen LogP contribution in [-0.2, 0) is 17.8 Å². The quantitative estimate of drug-likeness (QED) is 0.848. The monoisotopic (exact) mass is 323 g/mol. The molecule has 2 heterocycles. The Hall–Kier alpha value is -1.52. The highest BCUT2D eigenvalue weighted by atomic mass is 35.5. The number of rotatable bonds is 2. The van der Waals surface area contributed by atoms with Crippen LogP contribution in [0.1, 0.15) is 17.7 Å². The number of hydrogen-bond acceptors (Lipinski definition) is 2. The van der Waals surface area contributed by atoms with Gasteiger partial charge in [0.05, 0.1) is 12.1 Å². The first-order chi connectivity index (χ1) is 10.1. The van der Waals surface area contributed by atoms with Crippen LogP contribution >= 0.6 is 23.2 Å². The Bertz CT molecular complexity index is 696. The van der Waals surface area contributed by atoms with E-state index < -0.39 is 0 Å². The van der Waals surface area contributed by atoms with E-state index in [1.54, 1.807) is 11.0 Å². The first-order valence-electron chi connectivity index (χ1n) is 6.84. The second-order valence-electron chi connectivity index (χ2n) is 5.11. The highest BCUT2D eigenvalue weighted by Gasteiger charge is 2.28. The van der Waals surface area contributed by atoms with Gasteiger partial charge in [-0.1, -0.05) is 41.4 Å². The molecule has 21 heavy (non-hydrogen) atoms. The molecule has 0 aliphatic carbocycles. The number of fused-ring (bicyclic) bond motifs is 1. The number of halogens is 2. The number of benzene rings is 1. The predicted octanol–water partition coefficient (Wildman–Crippen LogP) is 3.48. The lowest BCUT2D eigenvalue weighted by molar-refractivity contribution is -0.118. The van der Waals surface area contributed by atoms with Crippen molar-refractivity contribution < 1.29 is 4.79 Å². The molecule has 0 bridgehead atoms. The predicted molar refractivity (Wildman–Crippen MR) is 84.1 cm³/mol. The molecule has 0 saturated heterocycles. The minimum atomic E-state index is -0.00847. The Labute approximate surface area is 133 Å². The summed E-state index contributed by atoms with van der Waals surface area (Å²) < 4.78 is 1.81. The van der Waals surface area contributed by atoms with Gasteiger partial charge < -0.3 is 0 Å². The number of amides is 1. The molecule has 1 aliphatic rings. The molecule has 6 heteroatoms. The largest absolute Gasteiger partial charge is 0.295 e. The third-order valence-corrected chi connectivity index (χ3v) is 4.45. The molecule has 1 aliphatic heterocycles. The Morgan fingerprint density at radius 1 is 1.29 bits per heavy atom. The van der Waals surface area contributed by atoms with Gasteiger partial charge in [0.15, 0.2) is 5.82 Å². The lowest BCUT2D eigenvalue weighted by Crippen LogP contribution is -2.38. The fourth-order valence-corrected chi connectivity index (χ4v) is 3.03. The van der Waals surface area contributed by atoms with E-state index in [9.17, 15) is 4.79 Å². The van der Waals surface area contributed by atoms with Crippen LogP contribution in [0.25, 0.3) is 0 Å². The van der Waals surface area contributed by atoms with Crippen LogP contribution in [-0.4, -0.2) is 22.2 Å². The number of nitrogens with zero attached hydrogens (tertiary/aromatic N) is 3. The van der Waals surface area contributed by atoms with Crippen LogP contribution in [0.3, 0.4) is 0 Å². The van der Waals surface area contributed by atoms with E-state index in [2.05, 4.69) is 5.10 Å². The standard InChI is InChI=1S/C15H15Cl2N3O/c1-10-14(17)15-19(7-4-8-20(15)18-10)13(21)9-11-5-2-3-6-12(11)16/h2-3,5-6H,4,7-9H2,1H3. The van der Waals surface area contributed by atoms with Gasteiger partial charge in [-0.2, -0.15) is 5.10 Å². The van der Waals surface area contributed by atoms with Crippen molar-refractivity contribution in [1.82, 2.24) is 9.78 Å². The number of aryl methyl sites for hydroxylation is 2. The van der Waals surface area contributed by atoms with E-state index in [0.717, 1.165) is 24.2 Å². The molecule has 0 spiro atoms. The summed E-state index contributed by atoms with van der Waals surface area (Å²) in [5.41, 5.74) is 1.58. The van der Waals surface area contributed by atoms with Gasteiger partial charge in [0.2, 0.25) is 5.91 Å². The zero-order valence-electron chi connectivity index (χ0n) is 11.6. The first-order valence-corrected chi connectivity index (χ1v) is 7.60. The van der Waals surface area contributed by atoms with Crippen LogP contribution in [0.5, 0.6) is 0 Å². The van der Waals surface area contributed by atoms with Crippen LogP contribution in [0.4, 0.5) is 5.82 Å². The Kier molecular flexibility index (Phi) is 3.91. The summed E-state index contributed by atoms with van der Waals surface area (Å²) in [7, 11) is 0. The van der Waals surface area contributed by atoms with Gasteiger partial charge in [-0.05, 0) is 25.0 Å². The molecule has 3 rings (SSSR count). The molecule has 2 aromatic rings. The van der Waals surface area contributed by atoms with Crippen molar-refractivity contribution in [2.75, 3.05) is 11.4 Å². The van der Waals surface area contributed by atoms with Gasteiger partial charge in [0, 0.05) is 18.1 Å². The number of hydrogen-bond donors (Lipinski definition) is 0. The van der Waals surface area contributed by atoms with Crippen LogP contribution in [0.2, 0.25) is 10.0 Å². The van der Waals surface area contributed by atoms with Crippen LogP contribution in [0, 0.1) is 6.92 Å². The van der Waals surface area contributed by atoms with Gasteiger partial charge in [-0.15, -0.1) is 0 Å². The summed E-state index contributed by atoms with van der Waals surface area (Å²) in [6.45, 7) is 3.30. The van der Waals surface area contributed by atoms with Crippen molar-refractivity contribution in [3.63, 3.8) is 0 Å². The highest BCUT2D eigenvalue weighted by molar-refractivity contribution is 6.34. The fourth-order valence-electron chi connectivity index (χ4n) is 2.59. The average Bonchev–Trinajstić information content (AvgIpc) is 2.76. The highest BCUT2D eigenvalue weighted by Crippen LogP contribution is 2.32. The zero-order valence-corrected chi connectivity index (χ0v) is 13.2. The van der Waals surface area contributed by atoms with Crippen LogP contribution < -0.4 is 4.90 Å². The molecule has 0 saturated carbocycles. The van der Waals surface area contributed by atoms with Gasteiger partial charge in [-0.3, -0.25) is 9.69 Å². The van der Waals surface area contributed by atoms with Gasteiger partial charge >= 0.3 is 0 Å². The summed E-state index contributed by atoms with van der Waals surface area (Å²) >= 11 is 12.4. The first kappa shape index (κ1) is 14.4. The number of carbonyl (C=O) groups excluding carboxylic acids is 1. The molecule has 0 radical (unpaired) electrons. The number of anilines is 1. The van der Waals surface area contributed by atoms with Gasteiger partial charge in [0.1, 0.15) is 5.02 Å². The van der Waals surface area contributed by atoms with E-state index >= 15 is 0 Å². The maximum absolute atomic E-state index is 12.6. The smallest absolute Gasteiger partial charge is 0.232 e. The molecule has 4 nitrogen and oxygen atoms in total. The minimum absolute atomic E-state index is 0.00847. The normalized spacial score (nSPS) is 14.1. The third kappa shape index (κ3) is 2.65. The molecule has 1 aromatic heterocycles. The SMILES string of the molecule is Cc1nn2c(c1Cl)N(C(=O)Cc1ccccc1Cl)CCC2. The molecule has 0 N–H and O–H groups in total. The summed E-state index contributed by atoms with van der Waals surface area (Å²) in [4.78, 5) is 14.3. The van der Waals surface area contributed by atoms with Gasteiger partial charge in [0.25, 0.3) is 0 Å². The Morgan fingerprint density at radius 3 is 2.81 bits per heavy atom. The summed E-state index contributed by atoms with van der Waals surface area (Å²) in [5.74, 6) is 0.698. The van der Waals surface area contributed by atoms with Crippen molar-refractivity contribution >= 4 is 34.9 Å². The van der Waals surface area contributed by atoms with Gasteiger partial charge in [-0.25, -0.2) is 4.68 Å². The molecule has 0 atom stereocenters. The maximum Gasteiger partial charge on any atom is 0.232 e. The molecular weight excluding hydrogens is 309 g/mol. The Morgan fingerprint density at radius 2 is 2.05 bits per heavy atom. The average molecular weight is 324 g/mol. The van der Waals surface area contributed by atoms with E-state index in [1.807, 2.05) is 29.8 Å². The van der Waals surface area contributed by atoms with E-state index in [1.165, 1.54) is 0 Å². The summed E-state index contributed by atoms with van der Waals surface area (Å²) in [6.07, 6.45) is 1.14. The summed E-state index contributed by atoms with van der Waals surface area (Å²) in [6, 6.07) is 7.40. The maximum atomic E-state index is 12.6. The number of carbonyl (C=O) groups is 1. The van der Waals surface area contributed by atoms with Crippen molar-refractivity contribution in [3.05, 3.63) is 45.6 Å². The molecule has 1 aromatic carbocycles. The molecular formula is C15H15Cl2N3O. The molecule has 0 fully saturated rings. The van der Waals surface area contributed by atoms with Crippen molar-refractivity contribution in [1.29, 1.82) is 0 Å². The Balaban J connectivity index is 1.89. The minimum Gasteiger partial charge on any atom is -0.295 e. The lowest BCUT2D eigenvalue weighted by Gasteiger charge is -2.28. The van der Waals surface area contributed by atoms with E-state index in [-0.39, 0.29) is 12.3 Å². The molecule has 110 valence electrons. The summed E-state index contributed by atoms with van der Waals surface area (Å²) in [5, 5.41) is 5.54. The third-order valence-electron chi connectivity index (χ3n) is 3.64. The van der Waals surface area contributed by atoms with E-state index in [0.29, 0.717) is 22.4 Å².